The lowest BCUT2D eigenvalue weighted by molar-refractivity contribution is -0.153. The highest BCUT2D eigenvalue weighted by Gasteiger charge is 2.47. The molecule has 1 aromatic carbocycles. The van der Waals surface area contributed by atoms with Crippen LogP contribution in [0.5, 0.6) is 5.75 Å². The summed E-state index contributed by atoms with van der Waals surface area (Å²) in [6.07, 6.45) is -0.277. The number of β-amino-alcohol motifs (C(OH)–C–C–N with tert-alkyl or cyclic N) is 1. The first-order valence-electron chi connectivity index (χ1n) is 11.2. The number of imide groups is 1. The summed E-state index contributed by atoms with van der Waals surface area (Å²) in [5.74, 6) is -0.830. The van der Waals surface area contributed by atoms with E-state index in [1.807, 2.05) is 22.0 Å². The predicted octanol–water partition coefficient (Wildman–Crippen LogP) is 2.06. The molecule has 3 aliphatic rings. The number of halogens is 3. The van der Waals surface area contributed by atoms with Gasteiger partial charge in [0.1, 0.15) is 5.75 Å². The minimum atomic E-state index is -4.41. The first kappa shape index (κ1) is 23.6. The maximum absolute atomic E-state index is 12.6. The van der Waals surface area contributed by atoms with Crippen molar-refractivity contribution in [2.75, 3.05) is 50.8 Å². The van der Waals surface area contributed by atoms with E-state index in [0.717, 1.165) is 0 Å². The summed E-state index contributed by atoms with van der Waals surface area (Å²) >= 11 is 0. The molecular weight excluding hydrogens is 439 g/mol. The molecule has 1 aromatic rings. The van der Waals surface area contributed by atoms with Crippen LogP contribution in [0.15, 0.2) is 36.4 Å². The smallest absolute Gasteiger partial charge is 0.422 e. The van der Waals surface area contributed by atoms with Crippen LogP contribution >= 0.6 is 0 Å². The monoisotopic (exact) mass is 467 g/mol. The highest BCUT2D eigenvalue weighted by Crippen LogP contribution is 2.35. The van der Waals surface area contributed by atoms with Crippen molar-refractivity contribution >= 4 is 17.5 Å². The Morgan fingerprint density at radius 2 is 1.58 bits per heavy atom. The number of benzene rings is 1. The Morgan fingerprint density at radius 1 is 0.970 bits per heavy atom. The van der Waals surface area contributed by atoms with Gasteiger partial charge in [0.2, 0.25) is 11.8 Å². The number of carbonyl (C=O) groups is 2. The van der Waals surface area contributed by atoms with Gasteiger partial charge in [-0.3, -0.25) is 19.4 Å². The zero-order chi connectivity index (χ0) is 23.6. The molecule has 2 amide bonds. The topological polar surface area (TPSA) is 73.3 Å². The highest BCUT2D eigenvalue weighted by molar-refractivity contribution is 6.05. The maximum atomic E-state index is 12.6. The Hall–Kier alpha value is -2.59. The Bertz CT molecular complexity index is 873. The van der Waals surface area contributed by atoms with E-state index in [1.54, 1.807) is 18.2 Å². The van der Waals surface area contributed by atoms with Crippen LogP contribution in [0.25, 0.3) is 0 Å². The number of anilines is 1. The van der Waals surface area contributed by atoms with Crippen LogP contribution in [0.2, 0.25) is 0 Å². The number of carbonyl (C=O) groups excluding carboxylic acids is 2. The van der Waals surface area contributed by atoms with Gasteiger partial charge in [0, 0.05) is 32.7 Å². The molecule has 2 saturated heterocycles. The Kier molecular flexibility index (Phi) is 6.94. The lowest BCUT2D eigenvalue weighted by Gasteiger charge is -2.37. The van der Waals surface area contributed by atoms with Gasteiger partial charge in [-0.15, -0.1) is 0 Å². The lowest BCUT2D eigenvalue weighted by Crippen LogP contribution is -2.50. The normalized spacial score (nSPS) is 24.8. The van der Waals surface area contributed by atoms with Gasteiger partial charge >= 0.3 is 6.18 Å². The van der Waals surface area contributed by atoms with Gasteiger partial charge in [-0.1, -0.05) is 24.3 Å². The number of alkyl halides is 3. The average Bonchev–Trinajstić information content (AvgIpc) is 3.03. The van der Waals surface area contributed by atoms with Crippen molar-refractivity contribution < 1.29 is 32.6 Å². The number of ether oxygens (including phenoxy) is 1. The number of piperazine rings is 1. The second-order valence-corrected chi connectivity index (χ2v) is 8.76. The van der Waals surface area contributed by atoms with Crippen molar-refractivity contribution in [3.8, 4) is 5.75 Å². The van der Waals surface area contributed by atoms with Gasteiger partial charge in [0.05, 0.1) is 30.2 Å². The Morgan fingerprint density at radius 3 is 2.18 bits per heavy atom. The fraction of sp³-hybridized carbons (Fsp3) is 0.565. The molecule has 3 atom stereocenters. The molecular formula is C23H28F3N3O4. The average molecular weight is 467 g/mol. The zero-order valence-corrected chi connectivity index (χ0v) is 18.2. The summed E-state index contributed by atoms with van der Waals surface area (Å²) in [6, 6.07) is 6.64. The molecule has 2 unspecified atom stereocenters. The SMILES string of the molecule is O=C1C2CC=CCC2C(=O)N1C[C@@H](O)CN1CCN(c2ccccc2OCC(F)(F)F)CC1. The number of likely N-dealkylation sites (tertiary alicyclic amines) is 1. The number of amides is 2. The van der Waals surface area contributed by atoms with Crippen molar-refractivity contribution in [3.63, 3.8) is 0 Å². The fourth-order valence-corrected chi connectivity index (χ4v) is 4.79. The summed E-state index contributed by atoms with van der Waals surface area (Å²) in [7, 11) is 0. The number of para-hydroxylation sites is 2. The molecule has 33 heavy (non-hydrogen) atoms. The second kappa shape index (κ2) is 9.72. The number of nitrogens with zero attached hydrogens (tertiary/aromatic N) is 3. The summed E-state index contributed by atoms with van der Waals surface area (Å²) < 4.78 is 42.6. The molecule has 1 N–H and O–H groups in total. The summed E-state index contributed by atoms with van der Waals surface area (Å²) in [5, 5.41) is 10.6. The van der Waals surface area contributed by atoms with Crippen molar-refractivity contribution in [1.29, 1.82) is 0 Å². The van der Waals surface area contributed by atoms with Crippen molar-refractivity contribution in [1.82, 2.24) is 9.80 Å². The van der Waals surface area contributed by atoms with E-state index in [9.17, 15) is 27.9 Å². The van der Waals surface area contributed by atoms with Crippen molar-refractivity contribution in [2.24, 2.45) is 11.8 Å². The van der Waals surface area contributed by atoms with Crippen LogP contribution in [0.3, 0.4) is 0 Å². The van der Waals surface area contributed by atoms with E-state index in [2.05, 4.69) is 0 Å². The van der Waals surface area contributed by atoms with Crippen molar-refractivity contribution in [2.45, 2.75) is 25.1 Å². The van der Waals surface area contributed by atoms with Crippen molar-refractivity contribution in [3.05, 3.63) is 36.4 Å². The predicted molar refractivity (Wildman–Crippen MR) is 115 cm³/mol. The molecule has 1 aliphatic carbocycles. The number of aliphatic hydroxyl groups is 1. The molecule has 2 fully saturated rings. The minimum absolute atomic E-state index is 0.0149. The number of aliphatic hydroxyl groups excluding tert-OH is 1. The molecule has 10 heteroatoms. The van der Waals surface area contributed by atoms with Gasteiger partial charge in [-0.05, 0) is 25.0 Å². The van der Waals surface area contributed by atoms with Gasteiger partial charge in [-0.2, -0.15) is 13.2 Å². The van der Waals surface area contributed by atoms with Gasteiger partial charge < -0.3 is 14.7 Å². The van der Waals surface area contributed by atoms with Crippen LogP contribution in [-0.2, 0) is 9.59 Å². The molecule has 0 saturated carbocycles. The minimum Gasteiger partial charge on any atom is -0.482 e. The molecule has 4 rings (SSSR count). The van der Waals surface area contributed by atoms with Gasteiger partial charge in [-0.25, -0.2) is 0 Å². The Labute approximate surface area is 190 Å². The number of allylic oxidation sites excluding steroid dienone is 2. The molecule has 0 spiro atoms. The molecule has 7 nitrogen and oxygen atoms in total. The standard InChI is InChI=1S/C23H28F3N3O4/c24-23(25,26)15-33-20-8-4-3-7-19(20)28-11-9-27(10-12-28)13-16(30)14-29-21(31)17-5-1-2-6-18(17)22(29)32/h1-4,7-8,16-18,30H,5-6,9-15H2/t16-,17?,18?/m0/s1. The third-order valence-corrected chi connectivity index (χ3v) is 6.43. The van der Waals surface area contributed by atoms with E-state index in [1.165, 1.54) is 11.0 Å². The van der Waals surface area contributed by atoms with Crippen LogP contribution in [0.1, 0.15) is 12.8 Å². The summed E-state index contributed by atoms with van der Waals surface area (Å²) in [4.78, 5) is 30.4. The van der Waals surface area contributed by atoms with Crippen LogP contribution < -0.4 is 9.64 Å². The van der Waals surface area contributed by atoms with Crippen LogP contribution in [0.4, 0.5) is 18.9 Å². The van der Waals surface area contributed by atoms with E-state index in [0.29, 0.717) is 51.3 Å². The molecule has 180 valence electrons. The van der Waals surface area contributed by atoms with E-state index in [4.69, 9.17) is 4.74 Å². The van der Waals surface area contributed by atoms with E-state index >= 15 is 0 Å². The summed E-state index contributed by atoms with van der Waals surface area (Å²) in [6.45, 7) is 1.22. The van der Waals surface area contributed by atoms with Gasteiger partial charge in [0.25, 0.3) is 0 Å². The van der Waals surface area contributed by atoms with Crippen LogP contribution in [-0.4, -0.2) is 84.9 Å². The number of rotatable bonds is 7. The Balaban J connectivity index is 1.28. The fourth-order valence-electron chi connectivity index (χ4n) is 4.79. The number of fused-ring (bicyclic) bond motifs is 1. The number of hydrogen-bond acceptors (Lipinski definition) is 6. The zero-order valence-electron chi connectivity index (χ0n) is 18.2. The first-order valence-corrected chi connectivity index (χ1v) is 11.2. The largest absolute Gasteiger partial charge is 0.482 e. The molecule has 0 radical (unpaired) electrons. The third-order valence-electron chi connectivity index (χ3n) is 6.43. The quantitative estimate of drug-likeness (QED) is 0.489. The van der Waals surface area contributed by atoms with E-state index < -0.39 is 18.9 Å². The molecule has 0 aromatic heterocycles. The summed E-state index contributed by atoms with van der Waals surface area (Å²) in [5.41, 5.74) is 0.603. The highest BCUT2D eigenvalue weighted by atomic mass is 19.4. The third kappa shape index (κ3) is 5.50. The first-order chi connectivity index (χ1) is 15.7. The van der Waals surface area contributed by atoms with Crippen LogP contribution in [0, 0.1) is 11.8 Å². The molecule has 2 heterocycles. The van der Waals surface area contributed by atoms with Gasteiger partial charge in [0.15, 0.2) is 6.61 Å². The second-order valence-electron chi connectivity index (χ2n) is 8.76. The molecule has 0 bridgehead atoms. The maximum Gasteiger partial charge on any atom is 0.422 e. The van der Waals surface area contributed by atoms with E-state index in [-0.39, 0.29) is 35.9 Å². The number of hydrogen-bond donors (Lipinski definition) is 1. The molecule has 2 aliphatic heterocycles. The lowest BCUT2D eigenvalue weighted by atomic mass is 9.85.